The Labute approximate surface area is 109 Å². The van der Waals surface area contributed by atoms with E-state index in [0.29, 0.717) is 13.1 Å². The summed E-state index contributed by atoms with van der Waals surface area (Å²) in [4.78, 5) is 0. The van der Waals surface area contributed by atoms with Gasteiger partial charge in [0.05, 0.1) is 0 Å². The third-order valence-electron chi connectivity index (χ3n) is 2.50. The van der Waals surface area contributed by atoms with Gasteiger partial charge < -0.3 is 11.5 Å². The molecule has 2 heteroatoms. The van der Waals surface area contributed by atoms with Crippen LogP contribution in [0.2, 0.25) is 0 Å². The quantitative estimate of drug-likeness (QED) is 0.866. The van der Waals surface area contributed by atoms with E-state index in [1.807, 2.05) is 60.7 Å². The molecule has 2 aromatic carbocycles. The highest BCUT2D eigenvalue weighted by molar-refractivity contribution is 5.45. The Morgan fingerprint density at radius 3 is 1.78 bits per heavy atom. The van der Waals surface area contributed by atoms with E-state index in [1.165, 1.54) is 5.56 Å². The number of nitrogens with two attached hydrogens (primary N) is 2. The van der Waals surface area contributed by atoms with Gasteiger partial charge in [-0.25, -0.2) is 0 Å². The van der Waals surface area contributed by atoms with Crippen LogP contribution in [0.5, 0.6) is 0 Å². The topological polar surface area (TPSA) is 52.0 Å². The lowest BCUT2D eigenvalue weighted by molar-refractivity contribution is 1.03. The van der Waals surface area contributed by atoms with E-state index < -0.39 is 0 Å². The molecule has 0 amide bonds. The third kappa shape index (κ3) is 4.95. The molecule has 2 aromatic rings. The second kappa shape index (κ2) is 8.23. The lowest BCUT2D eigenvalue weighted by atomic mass is 10.1. The zero-order chi connectivity index (χ0) is 13.2. The fraction of sp³-hybridized carbons (Fsp3) is 0.125. The number of benzene rings is 2. The van der Waals surface area contributed by atoms with Crippen LogP contribution in [-0.2, 0) is 13.1 Å². The van der Waals surface area contributed by atoms with Crippen LogP contribution in [0.15, 0.2) is 61.2 Å². The fourth-order valence-electron chi connectivity index (χ4n) is 1.47. The molecule has 0 atom stereocenters. The Hall–Kier alpha value is -1.90. The lowest BCUT2D eigenvalue weighted by Gasteiger charge is -1.98. The van der Waals surface area contributed by atoms with Gasteiger partial charge >= 0.3 is 0 Å². The second-order valence-electron chi connectivity index (χ2n) is 3.84. The SMILES string of the molecule is C=Cc1ccccc1.NCc1cccc(CN)c1. The highest BCUT2D eigenvalue weighted by atomic mass is 14.5. The van der Waals surface area contributed by atoms with Crippen LogP contribution in [0, 0.1) is 0 Å². The first-order chi connectivity index (χ1) is 8.80. The largest absolute Gasteiger partial charge is 0.326 e. The minimum Gasteiger partial charge on any atom is -0.326 e. The van der Waals surface area contributed by atoms with Crippen molar-refractivity contribution in [2.24, 2.45) is 11.5 Å². The Kier molecular flexibility index (Phi) is 6.47. The van der Waals surface area contributed by atoms with Crippen molar-refractivity contribution in [1.29, 1.82) is 0 Å². The summed E-state index contributed by atoms with van der Waals surface area (Å²) in [5.41, 5.74) is 14.3. The molecule has 0 saturated heterocycles. The van der Waals surface area contributed by atoms with Crippen molar-refractivity contribution in [3.63, 3.8) is 0 Å². The smallest absolute Gasteiger partial charge is 0.0178 e. The first-order valence-electron chi connectivity index (χ1n) is 5.95. The summed E-state index contributed by atoms with van der Waals surface area (Å²) in [5.74, 6) is 0. The van der Waals surface area contributed by atoms with Gasteiger partial charge in [0.1, 0.15) is 0 Å². The predicted molar refractivity (Wildman–Crippen MR) is 78.8 cm³/mol. The van der Waals surface area contributed by atoms with Crippen molar-refractivity contribution in [3.8, 4) is 0 Å². The van der Waals surface area contributed by atoms with Gasteiger partial charge in [-0.3, -0.25) is 0 Å². The molecule has 0 aromatic heterocycles. The van der Waals surface area contributed by atoms with Gasteiger partial charge in [0, 0.05) is 13.1 Å². The number of rotatable bonds is 3. The summed E-state index contributed by atoms with van der Waals surface area (Å²) in [6, 6.07) is 18.0. The maximum Gasteiger partial charge on any atom is 0.0178 e. The van der Waals surface area contributed by atoms with E-state index in [1.54, 1.807) is 0 Å². The van der Waals surface area contributed by atoms with E-state index in [0.717, 1.165) is 11.1 Å². The zero-order valence-corrected chi connectivity index (χ0v) is 10.5. The second-order valence-corrected chi connectivity index (χ2v) is 3.84. The van der Waals surface area contributed by atoms with Gasteiger partial charge in [0.15, 0.2) is 0 Å². The molecule has 94 valence electrons. The first kappa shape index (κ1) is 14.2. The maximum atomic E-state index is 5.43. The fourth-order valence-corrected chi connectivity index (χ4v) is 1.47. The van der Waals surface area contributed by atoms with Crippen molar-refractivity contribution < 1.29 is 0 Å². The van der Waals surface area contributed by atoms with Crippen molar-refractivity contribution in [3.05, 3.63) is 77.9 Å². The van der Waals surface area contributed by atoms with E-state index >= 15 is 0 Å². The van der Waals surface area contributed by atoms with Crippen LogP contribution in [0.1, 0.15) is 16.7 Å². The summed E-state index contributed by atoms with van der Waals surface area (Å²) < 4.78 is 0. The molecular weight excluding hydrogens is 220 g/mol. The number of hydrogen-bond acceptors (Lipinski definition) is 2. The van der Waals surface area contributed by atoms with E-state index in [2.05, 4.69) is 6.58 Å². The molecule has 18 heavy (non-hydrogen) atoms. The molecule has 2 rings (SSSR count). The molecule has 0 bridgehead atoms. The summed E-state index contributed by atoms with van der Waals surface area (Å²) in [7, 11) is 0. The summed E-state index contributed by atoms with van der Waals surface area (Å²) in [6.07, 6.45) is 1.83. The molecule has 0 aliphatic rings. The minimum absolute atomic E-state index is 0.591. The zero-order valence-electron chi connectivity index (χ0n) is 10.5. The molecule has 0 saturated carbocycles. The van der Waals surface area contributed by atoms with Gasteiger partial charge in [-0.15, -0.1) is 0 Å². The monoisotopic (exact) mass is 240 g/mol. The minimum atomic E-state index is 0.591. The van der Waals surface area contributed by atoms with E-state index in [4.69, 9.17) is 11.5 Å². The van der Waals surface area contributed by atoms with Crippen LogP contribution >= 0.6 is 0 Å². The van der Waals surface area contributed by atoms with Crippen molar-refractivity contribution in [1.82, 2.24) is 0 Å². The van der Waals surface area contributed by atoms with Crippen molar-refractivity contribution in [2.75, 3.05) is 0 Å². The van der Waals surface area contributed by atoms with Crippen LogP contribution < -0.4 is 11.5 Å². The van der Waals surface area contributed by atoms with Crippen LogP contribution in [0.4, 0.5) is 0 Å². The molecule has 0 fully saturated rings. The Bertz CT molecular complexity index is 444. The highest BCUT2D eigenvalue weighted by Crippen LogP contribution is 2.02. The maximum absolute atomic E-state index is 5.43. The van der Waals surface area contributed by atoms with Crippen LogP contribution in [-0.4, -0.2) is 0 Å². The molecule has 2 nitrogen and oxygen atoms in total. The number of hydrogen-bond donors (Lipinski definition) is 2. The standard InChI is InChI=1S/C8H12N2.C8H8/c9-5-7-2-1-3-8(4-7)6-10;1-2-8-6-4-3-5-7-8/h1-4H,5-6,9-10H2;2-7H,1H2. The van der Waals surface area contributed by atoms with Crippen molar-refractivity contribution in [2.45, 2.75) is 13.1 Å². The summed E-state index contributed by atoms with van der Waals surface area (Å²) in [6.45, 7) is 4.81. The summed E-state index contributed by atoms with van der Waals surface area (Å²) >= 11 is 0. The Morgan fingerprint density at radius 1 is 0.833 bits per heavy atom. The predicted octanol–water partition coefficient (Wildman–Crippen LogP) is 2.93. The van der Waals surface area contributed by atoms with Gasteiger partial charge in [0.25, 0.3) is 0 Å². The molecule has 0 radical (unpaired) electrons. The lowest BCUT2D eigenvalue weighted by Crippen LogP contribution is -2.00. The first-order valence-corrected chi connectivity index (χ1v) is 5.95. The van der Waals surface area contributed by atoms with Crippen LogP contribution in [0.25, 0.3) is 6.08 Å². The molecule has 0 heterocycles. The molecule has 4 N–H and O–H groups in total. The van der Waals surface area contributed by atoms with E-state index in [-0.39, 0.29) is 0 Å². The van der Waals surface area contributed by atoms with Gasteiger partial charge in [-0.2, -0.15) is 0 Å². The summed E-state index contributed by atoms with van der Waals surface area (Å²) in [5, 5.41) is 0. The van der Waals surface area contributed by atoms with Gasteiger partial charge in [0.2, 0.25) is 0 Å². The Morgan fingerprint density at radius 2 is 1.39 bits per heavy atom. The average Bonchev–Trinajstić information content (AvgIpc) is 2.48. The normalized spacial score (nSPS) is 9.22. The van der Waals surface area contributed by atoms with Crippen molar-refractivity contribution >= 4 is 6.08 Å². The highest BCUT2D eigenvalue weighted by Gasteiger charge is 1.89. The molecule has 0 aliphatic carbocycles. The molecule has 0 unspecified atom stereocenters. The average molecular weight is 240 g/mol. The molecular formula is C16H20N2. The van der Waals surface area contributed by atoms with Crippen LogP contribution in [0.3, 0.4) is 0 Å². The molecule has 0 aliphatic heterocycles. The molecule has 0 spiro atoms. The third-order valence-corrected chi connectivity index (χ3v) is 2.50. The Balaban J connectivity index is 0.000000184. The van der Waals surface area contributed by atoms with Gasteiger partial charge in [-0.05, 0) is 16.7 Å². The van der Waals surface area contributed by atoms with E-state index in [9.17, 15) is 0 Å². The van der Waals surface area contributed by atoms with Gasteiger partial charge in [-0.1, -0.05) is 67.3 Å².